The van der Waals surface area contributed by atoms with Gasteiger partial charge in [0.2, 0.25) is 0 Å². The highest BCUT2D eigenvalue weighted by atomic mass is 79.9. The fraction of sp³-hybridized carbons (Fsp3) is 0.250. The number of hydrogen-bond acceptors (Lipinski definition) is 3. The Kier molecular flexibility index (Phi) is 3.74. The van der Waals surface area contributed by atoms with Gasteiger partial charge in [0.05, 0.1) is 6.61 Å². The molecule has 1 aromatic heterocycles. The quantitative estimate of drug-likeness (QED) is 0.938. The molecule has 2 nitrogen and oxygen atoms in total. The Morgan fingerprint density at radius 3 is 3.00 bits per heavy atom. The minimum atomic E-state index is 0.165. The Balaban J connectivity index is 2.31. The smallest absolute Gasteiger partial charge is 0.123 e. The molecule has 1 atom stereocenters. The first-order valence-electron chi connectivity index (χ1n) is 5.03. The van der Waals surface area contributed by atoms with Crippen molar-refractivity contribution in [3.63, 3.8) is 0 Å². The van der Waals surface area contributed by atoms with Crippen molar-refractivity contribution in [3.05, 3.63) is 39.8 Å². The van der Waals surface area contributed by atoms with Gasteiger partial charge < -0.3 is 5.11 Å². The maximum Gasteiger partial charge on any atom is 0.123 e. The van der Waals surface area contributed by atoms with Gasteiger partial charge in [0.25, 0.3) is 0 Å². The number of benzene rings is 1. The summed E-state index contributed by atoms with van der Waals surface area (Å²) in [6.07, 6.45) is 1.85. The second-order valence-electron chi connectivity index (χ2n) is 3.66. The number of aliphatic hydroxyl groups excluding tert-OH is 1. The summed E-state index contributed by atoms with van der Waals surface area (Å²) >= 11 is 5.08. The summed E-state index contributed by atoms with van der Waals surface area (Å²) in [5.74, 6) is 0.165. The third kappa shape index (κ3) is 2.51. The van der Waals surface area contributed by atoms with Gasteiger partial charge in [-0.1, -0.05) is 35.0 Å². The number of aliphatic hydroxyl groups is 1. The molecule has 4 heteroatoms. The lowest BCUT2D eigenvalue weighted by Crippen LogP contribution is -1.94. The van der Waals surface area contributed by atoms with Crippen molar-refractivity contribution < 1.29 is 5.11 Å². The highest BCUT2D eigenvalue weighted by Gasteiger charge is 2.10. The summed E-state index contributed by atoms with van der Waals surface area (Å²) in [6, 6.07) is 8.08. The van der Waals surface area contributed by atoms with Crippen molar-refractivity contribution >= 4 is 27.3 Å². The zero-order chi connectivity index (χ0) is 11.5. The molecule has 0 aliphatic heterocycles. The van der Waals surface area contributed by atoms with Crippen LogP contribution in [0.25, 0.3) is 10.6 Å². The molecule has 84 valence electrons. The summed E-state index contributed by atoms with van der Waals surface area (Å²) in [7, 11) is 0. The molecule has 0 amide bonds. The number of hydrogen-bond donors (Lipinski definition) is 1. The van der Waals surface area contributed by atoms with Crippen LogP contribution in [0.2, 0.25) is 0 Å². The Bertz CT molecular complexity index is 483. The zero-order valence-corrected chi connectivity index (χ0v) is 11.3. The van der Waals surface area contributed by atoms with Gasteiger partial charge in [-0.3, -0.25) is 0 Å². The van der Waals surface area contributed by atoms with Crippen molar-refractivity contribution in [1.29, 1.82) is 0 Å². The standard InChI is InChI=1S/C12H12BrNOS/c1-8(7-15)11-6-14-12(16-11)9-3-2-4-10(13)5-9/h2-6,8,15H,7H2,1H3. The molecule has 1 unspecified atom stereocenters. The minimum absolute atomic E-state index is 0.165. The second kappa shape index (κ2) is 5.08. The van der Waals surface area contributed by atoms with Gasteiger partial charge >= 0.3 is 0 Å². The fourth-order valence-electron chi connectivity index (χ4n) is 1.36. The van der Waals surface area contributed by atoms with E-state index in [1.165, 1.54) is 0 Å². The predicted molar refractivity (Wildman–Crippen MR) is 70.8 cm³/mol. The monoisotopic (exact) mass is 297 g/mol. The van der Waals surface area contributed by atoms with E-state index in [0.717, 1.165) is 19.9 Å². The number of aromatic nitrogens is 1. The van der Waals surface area contributed by atoms with Gasteiger partial charge in [-0.25, -0.2) is 4.98 Å². The maximum absolute atomic E-state index is 9.08. The van der Waals surface area contributed by atoms with Gasteiger partial charge in [-0.05, 0) is 12.1 Å². The lowest BCUT2D eigenvalue weighted by Gasteiger charge is -2.01. The first-order valence-corrected chi connectivity index (χ1v) is 6.64. The molecule has 1 aromatic carbocycles. The molecule has 0 fully saturated rings. The van der Waals surface area contributed by atoms with E-state index in [4.69, 9.17) is 5.11 Å². The van der Waals surface area contributed by atoms with E-state index in [1.807, 2.05) is 37.4 Å². The van der Waals surface area contributed by atoms with Crippen LogP contribution in [0.5, 0.6) is 0 Å². The number of rotatable bonds is 3. The Hall–Kier alpha value is -0.710. The third-order valence-electron chi connectivity index (χ3n) is 2.35. The first-order chi connectivity index (χ1) is 7.70. The molecule has 1 heterocycles. The van der Waals surface area contributed by atoms with E-state index in [0.29, 0.717) is 0 Å². The van der Waals surface area contributed by atoms with Gasteiger partial charge in [0.1, 0.15) is 5.01 Å². The van der Waals surface area contributed by atoms with Crippen LogP contribution in [0.3, 0.4) is 0 Å². The average Bonchev–Trinajstić information content (AvgIpc) is 2.77. The molecule has 0 saturated carbocycles. The van der Waals surface area contributed by atoms with Gasteiger partial charge in [0.15, 0.2) is 0 Å². The first kappa shape index (κ1) is 11.8. The lowest BCUT2D eigenvalue weighted by atomic mass is 10.2. The molecule has 2 rings (SSSR count). The Morgan fingerprint density at radius 1 is 1.50 bits per heavy atom. The minimum Gasteiger partial charge on any atom is -0.396 e. The van der Waals surface area contributed by atoms with E-state index < -0.39 is 0 Å². The molecular weight excluding hydrogens is 286 g/mol. The van der Waals surface area contributed by atoms with Crippen molar-refractivity contribution in [3.8, 4) is 10.6 Å². The van der Waals surface area contributed by atoms with Crippen LogP contribution < -0.4 is 0 Å². The number of halogens is 1. The van der Waals surface area contributed by atoms with Crippen LogP contribution in [-0.4, -0.2) is 16.7 Å². The maximum atomic E-state index is 9.08. The van der Waals surface area contributed by atoms with Gasteiger partial charge in [0, 0.05) is 27.0 Å². The molecule has 1 N–H and O–H groups in total. The summed E-state index contributed by atoms with van der Waals surface area (Å²) in [5.41, 5.74) is 1.11. The SMILES string of the molecule is CC(CO)c1cnc(-c2cccc(Br)c2)s1. The molecule has 0 bridgehead atoms. The zero-order valence-electron chi connectivity index (χ0n) is 8.85. The third-order valence-corrected chi connectivity index (χ3v) is 4.13. The predicted octanol–water partition coefficient (Wildman–Crippen LogP) is 3.67. The number of thiazole rings is 1. The van der Waals surface area contributed by atoms with Crippen LogP contribution >= 0.6 is 27.3 Å². The summed E-state index contributed by atoms with van der Waals surface area (Å²) in [5, 5.41) is 10.1. The van der Waals surface area contributed by atoms with E-state index in [2.05, 4.69) is 20.9 Å². The molecular formula is C12H12BrNOS. The Morgan fingerprint density at radius 2 is 2.31 bits per heavy atom. The fourth-order valence-corrected chi connectivity index (χ4v) is 2.71. The van der Waals surface area contributed by atoms with Crippen molar-refractivity contribution in [2.24, 2.45) is 0 Å². The molecule has 0 spiro atoms. The second-order valence-corrected chi connectivity index (χ2v) is 5.64. The molecule has 0 radical (unpaired) electrons. The lowest BCUT2D eigenvalue weighted by molar-refractivity contribution is 0.274. The van der Waals surface area contributed by atoms with Crippen molar-refractivity contribution in [2.75, 3.05) is 6.61 Å². The number of nitrogens with zero attached hydrogens (tertiary/aromatic N) is 1. The van der Waals surface area contributed by atoms with Crippen LogP contribution in [-0.2, 0) is 0 Å². The van der Waals surface area contributed by atoms with Crippen LogP contribution in [0.15, 0.2) is 34.9 Å². The van der Waals surface area contributed by atoms with E-state index in [1.54, 1.807) is 11.3 Å². The van der Waals surface area contributed by atoms with Gasteiger partial charge in [-0.2, -0.15) is 0 Å². The summed E-state index contributed by atoms with van der Waals surface area (Å²) in [4.78, 5) is 5.51. The highest BCUT2D eigenvalue weighted by Crippen LogP contribution is 2.30. The summed E-state index contributed by atoms with van der Waals surface area (Å²) < 4.78 is 1.05. The Labute approximate surface area is 107 Å². The van der Waals surface area contributed by atoms with Crippen LogP contribution in [0.1, 0.15) is 17.7 Å². The molecule has 2 aromatic rings. The van der Waals surface area contributed by atoms with E-state index in [9.17, 15) is 0 Å². The normalized spacial score (nSPS) is 12.7. The van der Waals surface area contributed by atoms with Gasteiger partial charge in [-0.15, -0.1) is 11.3 Å². The van der Waals surface area contributed by atoms with E-state index in [-0.39, 0.29) is 12.5 Å². The van der Waals surface area contributed by atoms with Crippen LogP contribution in [0.4, 0.5) is 0 Å². The molecule has 0 aliphatic rings. The van der Waals surface area contributed by atoms with Crippen LogP contribution in [0, 0.1) is 0 Å². The largest absolute Gasteiger partial charge is 0.396 e. The highest BCUT2D eigenvalue weighted by molar-refractivity contribution is 9.10. The van der Waals surface area contributed by atoms with Crippen molar-refractivity contribution in [2.45, 2.75) is 12.8 Å². The average molecular weight is 298 g/mol. The topological polar surface area (TPSA) is 33.1 Å². The summed E-state index contributed by atoms with van der Waals surface area (Å²) in [6.45, 7) is 2.17. The molecule has 16 heavy (non-hydrogen) atoms. The molecule has 0 aliphatic carbocycles. The van der Waals surface area contributed by atoms with Crippen molar-refractivity contribution in [1.82, 2.24) is 4.98 Å². The van der Waals surface area contributed by atoms with E-state index >= 15 is 0 Å². The molecule has 0 saturated heterocycles.